The quantitative estimate of drug-likeness (QED) is 0.851. The molecule has 1 aromatic rings. The molecule has 0 aliphatic heterocycles. The highest BCUT2D eigenvalue weighted by Gasteiger charge is 2.25. The first-order chi connectivity index (χ1) is 8.53. The second-order valence-electron chi connectivity index (χ2n) is 5.73. The maximum Gasteiger partial charge on any atom is 0.227 e. The lowest BCUT2D eigenvalue weighted by Gasteiger charge is -2.21. The van der Waals surface area contributed by atoms with E-state index in [1.54, 1.807) is 0 Å². The van der Waals surface area contributed by atoms with Gasteiger partial charge in [0.15, 0.2) is 0 Å². The van der Waals surface area contributed by atoms with Gasteiger partial charge in [0.1, 0.15) is 0 Å². The van der Waals surface area contributed by atoms with Crippen molar-refractivity contribution in [2.45, 2.75) is 39.7 Å². The molecule has 0 radical (unpaired) electrons. The minimum absolute atomic E-state index is 0.0190. The van der Waals surface area contributed by atoms with Crippen LogP contribution in [-0.2, 0) is 24.2 Å². The molecule has 1 amide bonds. The van der Waals surface area contributed by atoms with Gasteiger partial charge in [-0.3, -0.25) is 4.79 Å². The Labute approximate surface area is 109 Å². The Hall–Kier alpha value is -1.35. The van der Waals surface area contributed by atoms with Gasteiger partial charge in [0, 0.05) is 13.1 Å². The third kappa shape index (κ3) is 2.72. The van der Waals surface area contributed by atoms with E-state index in [1.165, 1.54) is 36.0 Å². The first-order valence-corrected chi connectivity index (χ1v) is 6.62. The fourth-order valence-corrected chi connectivity index (χ4v) is 2.25. The fraction of sp³-hybridized carbons (Fsp3) is 0.533. The molecule has 0 heterocycles. The Morgan fingerprint density at radius 3 is 2.78 bits per heavy atom. The molecule has 0 spiro atoms. The SMILES string of the molecule is CC(C)(CN)C(=O)NCc1ccc2c(c1)CCC2. The number of rotatable bonds is 4. The van der Waals surface area contributed by atoms with Gasteiger partial charge in [0.05, 0.1) is 5.41 Å². The summed E-state index contributed by atoms with van der Waals surface area (Å²) in [5.74, 6) is 0.0190. The lowest BCUT2D eigenvalue weighted by Crippen LogP contribution is -2.41. The molecule has 1 aliphatic rings. The standard InChI is InChI=1S/C15H22N2O/c1-15(2,10-16)14(18)17-9-11-6-7-12-4-3-5-13(12)8-11/h6-8H,3-5,9-10,16H2,1-2H3,(H,17,18). The van der Waals surface area contributed by atoms with Gasteiger partial charge in [0.2, 0.25) is 5.91 Å². The molecule has 0 fully saturated rings. The van der Waals surface area contributed by atoms with E-state index in [1.807, 2.05) is 13.8 Å². The number of aryl methyl sites for hydroxylation is 2. The van der Waals surface area contributed by atoms with E-state index in [9.17, 15) is 4.79 Å². The van der Waals surface area contributed by atoms with Gasteiger partial charge in [-0.25, -0.2) is 0 Å². The Balaban J connectivity index is 1.97. The molecule has 0 saturated heterocycles. The van der Waals surface area contributed by atoms with Gasteiger partial charge >= 0.3 is 0 Å². The number of carbonyl (C=O) groups is 1. The van der Waals surface area contributed by atoms with Gasteiger partial charge in [-0.15, -0.1) is 0 Å². The van der Waals surface area contributed by atoms with Gasteiger partial charge in [-0.2, -0.15) is 0 Å². The van der Waals surface area contributed by atoms with Crippen molar-refractivity contribution >= 4 is 5.91 Å². The molecule has 18 heavy (non-hydrogen) atoms. The number of carbonyl (C=O) groups excluding carboxylic acids is 1. The maximum atomic E-state index is 11.9. The molecule has 0 unspecified atom stereocenters. The third-order valence-electron chi connectivity index (χ3n) is 3.74. The first kappa shape index (κ1) is 13.1. The summed E-state index contributed by atoms with van der Waals surface area (Å²) >= 11 is 0. The number of nitrogens with two attached hydrogens (primary N) is 1. The number of nitrogens with one attached hydrogen (secondary N) is 1. The van der Waals surface area contributed by atoms with Crippen molar-refractivity contribution in [1.82, 2.24) is 5.32 Å². The van der Waals surface area contributed by atoms with Crippen LogP contribution in [0.3, 0.4) is 0 Å². The van der Waals surface area contributed by atoms with E-state index >= 15 is 0 Å². The zero-order valence-corrected chi connectivity index (χ0v) is 11.3. The molecular formula is C15H22N2O. The minimum Gasteiger partial charge on any atom is -0.352 e. The summed E-state index contributed by atoms with van der Waals surface area (Å²) < 4.78 is 0. The van der Waals surface area contributed by atoms with E-state index in [2.05, 4.69) is 23.5 Å². The highest BCUT2D eigenvalue weighted by Crippen LogP contribution is 2.23. The molecule has 2 rings (SSSR count). The smallest absolute Gasteiger partial charge is 0.227 e. The van der Waals surface area contributed by atoms with E-state index in [4.69, 9.17) is 5.73 Å². The summed E-state index contributed by atoms with van der Waals surface area (Å²) in [5, 5.41) is 2.96. The molecule has 0 bridgehead atoms. The Morgan fingerprint density at radius 1 is 1.33 bits per heavy atom. The van der Waals surface area contributed by atoms with E-state index in [0.29, 0.717) is 13.1 Å². The van der Waals surface area contributed by atoms with Gasteiger partial charge in [-0.1, -0.05) is 18.2 Å². The van der Waals surface area contributed by atoms with Gasteiger partial charge in [0.25, 0.3) is 0 Å². The monoisotopic (exact) mass is 246 g/mol. The van der Waals surface area contributed by atoms with Crippen molar-refractivity contribution < 1.29 is 4.79 Å². The number of hydrogen-bond acceptors (Lipinski definition) is 2. The second kappa shape index (κ2) is 5.11. The lowest BCUT2D eigenvalue weighted by molar-refractivity contribution is -0.129. The maximum absolute atomic E-state index is 11.9. The van der Waals surface area contributed by atoms with Crippen LogP contribution in [0.1, 0.15) is 37.0 Å². The zero-order chi connectivity index (χ0) is 13.2. The van der Waals surface area contributed by atoms with Crippen molar-refractivity contribution in [3.05, 3.63) is 34.9 Å². The number of amides is 1. The largest absolute Gasteiger partial charge is 0.352 e. The summed E-state index contributed by atoms with van der Waals surface area (Å²) in [4.78, 5) is 11.9. The average Bonchev–Trinajstić information content (AvgIpc) is 2.83. The van der Waals surface area contributed by atoms with Crippen LogP contribution in [0.5, 0.6) is 0 Å². The van der Waals surface area contributed by atoms with Crippen LogP contribution in [0.15, 0.2) is 18.2 Å². The normalized spacial score (nSPS) is 14.4. The van der Waals surface area contributed by atoms with Crippen LogP contribution in [0, 0.1) is 5.41 Å². The fourth-order valence-electron chi connectivity index (χ4n) is 2.25. The molecular weight excluding hydrogens is 224 g/mol. The molecule has 98 valence electrons. The zero-order valence-electron chi connectivity index (χ0n) is 11.3. The van der Waals surface area contributed by atoms with Crippen LogP contribution in [0.2, 0.25) is 0 Å². The highest BCUT2D eigenvalue weighted by atomic mass is 16.2. The summed E-state index contributed by atoms with van der Waals surface area (Å²) in [7, 11) is 0. The van der Waals surface area contributed by atoms with Crippen LogP contribution in [0.25, 0.3) is 0 Å². The van der Waals surface area contributed by atoms with Crippen molar-refractivity contribution in [1.29, 1.82) is 0 Å². The molecule has 3 nitrogen and oxygen atoms in total. The predicted molar refractivity (Wildman–Crippen MR) is 73.1 cm³/mol. The average molecular weight is 246 g/mol. The molecule has 0 aromatic heterocycles. The third-order valence-corrected chi connectivity index (χ3v) is 3.74. The van der Waals surface area contributed by atoms with Crippen LogP contribution in [0.4, 0.5) is 0 Å². The predicted octanol–water partition coefficient (Wildman–Crippen LogP) is 1.78. The molecule has 0 atom stereocenters. The molecule has 1 aromatic carbocycles. The lowest BCUT2D eigenvalue weighted by atomic mass is 9.92. The van der Waals surface area contributed by atoms with E-state index < -0.39 is 5.41 Å². The number of hydrogen-bond donors (Lipinski definition) is 2. The second-order valence-corrected chi connectivity index (χ2v) is 5.73. The molecule has 3 heteroatoms. The number of fused-ring (bicyclic) bond motifs is 1. The van der Waals surface area contributed by atoms with Crippen LogP contribution in [-0.4, -0.2) is 12.5 Å². The van der Waals surface area contributed by atoms with Crippen molar-refractivity contribution in [3.8, 4) is 0 Å². The Kier molecular flexibility index (Phi) is 3.71. The summed E-state index contributed by atoms with van der Waals surface area (Å²) in [5.41, 5.74) is 9.19. The molecule has 3 N–H and O–H groups in total. The van der Waals surface area contributed by atoms with Gasteiger partial charge in [-0.05, 0) is 49.8 Å². The molecule has 0 saturated carbocycles. The van der Waals surface area contributed by atoms with Crippen molar-refractivity contribution in [3.63, 3.8) is 0 Å². The topological polar surface area (TPSA) is 55.1 Å². The van der Waals surface area contributed by atoms with Crippen molar-refractivity contribution in [2.75, 3.05) is 6.54 Å². The first-order valence-electron chi connectivity index (χ1n) is 6.62. The molecule has 1 aliphatic carbocycles. The summed E-state index contributed by atoms with van der Waals surface area (Å²) in [6.07, 6.45) is 3.62. The van der Waals surface area contributed by atoms with Crippen molar-refractivity contribution in [2.24, 2.45) is 11.1 Å². The van der Waals surface area contributed by atoms with Crippen LogP contribution < -0.4 is 11.1 Å². The Bertz CT molecular complexity index is 452. The van der Waals surface area contributed by atoms with Gasteiger partial charge < -0.3 is 11.1 Å². The number of benzene rings is 1. The highest BCUT2D eigenvalue weighted by molar-refractivity contribution is 5.82. The minimum atomic E-state index is -0.489. The summed E-state index contributed by atoms with van der Waals surface area (Å²) in [6, 6.07) is 6.52. The summed E-state index contributed by atoms with van der Waals surface area (Å²) in [6.45, 7) is 4.69. The Morgan fingerprint density at radius 2 is 2.06 bits per heavy atom. The van der Waals surface area contributed by atoms with E-state index in [0.717, 1.165) is 0 Å². The van der Waals surface area contributed by atoms with E-state index in [-0.39, 0.29) is 5.91 Å². The van der Waals surface area contributed by atoms with Crippen LogP contribution >= 0.6 is 0 Å².